The van der Waals surface area contributed by atoms with Gasteiger partial charge in [0.1, 0.15) is 10.7 Å². The Morgan fingerprint density at radius 3 is 2.67 bits per heavy atom. The summed E-state index contributed by atoms with van der Waals surface area (Å²) < 4.78 is 4.63. The predicted molar refractivity (Wildman–Crippen MR) is 92.4 cm³/mol. The van der Waals surface area contributed by atoms with E-state index in [1.54, 1.807) is 6.92 Å². The van der Waals surface area contributed by atoms with E-state index < -0.39 is 0 Å². The number of hydrogen-bond acceptors (Lipinski definition) is 6. The minimum atomic E-state index is -0.341. The highest BCUT2D eigenvalue weighted by Gasteiger charge is 2.28. The van der Waals surface area contributed by atoms with Crippen LogP contribution >= 0.6 is 11.3 Å². The Morgan fingerprint density at radius 2 is 2.04 bits per heavy atom. The molecule has 0 radical (unpaired) electrons. The Balaban J connectivity index is 1.86. The molecule has 3 rings (SSSR count). The highest BCUT2D eigenvalue weighted by atomic mass is 32.1. The Bertz CT molecular complexity index is 811. The molecule has 1 unspecified atom stereocenters. The van der Waals surface area contributed by atoms with Crippen molar-refractivity contribution in [3.8, 4) is 0 Å². The fourth-order valence-electron chi connectivity index (χ4n) is 2.77. The molecule has 0 spiro atoms. The second kappa shape index (κ2) is 6.47. The van der Waals surface area contributed by atoms with Gasteiger partial charge in [-0.3, -0.25) is 9.59 Å². The molecule has 1 amide bonds. The number of carbonyl (C=O) groups is 2. The Labute approximate surface area is 144 Å². The summed E-state index contributed by atoms with van der Waals surface area (Å²) in [6, 6.07) is -0.288. The maximum absolute atomic E-state index is 12.6. The van der Waals surface area contributed by atoms with E-state index in [9.17, 15) is 9.59 Å². The van der Waals surface area contributed by atoms with E-state index in [0.717, 1.165) is 40.1 Å². The van der Waals surface area contributed by atoms with Gasteiger partial charge in [-0.1, -0.05) is 0 Å². The highest BCUT2D eigenvalue weighted by Crippen LogP contribution is 2.40. The van der Waals surface area contributed by atoms with Crippen molar-refractivity contribution >= 4 is 33.4 Å². The van der Waals surface area contributed by atoms with E-state index in [0.29, 0.717) is 10.8 Å². The molecule has 0 saturated heterocycles. The Morgan fingerprint density at radius 1 is 1.33 bits per heavy atom. The molecule has 0 aromatic carbocycles. The summed E-state index contributed by atoms with van der Waals surface area (Å²) >= 11 is 1.39. The fourth-order valence-corrected chi connectivity index (χ4v) is 3.92. The first-order valence-electron chi connectivity index (χ1n) is 8.06. The van der Waals surface area contributed by atoms with Crippen LogP contribution in [0.2, 0.25) is 0 Å². The SMILES string of the molecule is COC(=O)CC(C)NC(=O)c1sc2nc(C3CC3)nc(C)c2c1C. The molecule has 1 N–H and O–H groups in total. The second-order valence-corrected chi connectivity index (χ2v) is 7.33. The minimum Gasteiger partial charge on any atom is -0.469 e. The van der Waals surface area contributed by atoms with E-state index in [1.165, 1.54) is 18.4 Å². The molecule has 2 aromatic rings. The first kappa shape index (κ1) is 16.8. The third kappa shape index (κ3) is 3.26. The number of thiophene rings is 1. The average molecular weight is 347 g/mol. The van der Waals surface area contributed by atoms with Crippen LogP contribution < -0.4 is 5.32 Å². The molecule has 6 nitrogen and oxygen atoms in total. The first-order chi connectivity index (χ1) is 11.4. The van der Waals surface area contributed by atoms with E-state index in [4.69, 9.17) is 0 Å². The number of rotatable bonds is 5. The number of nitrogens with one attached hydrogen (secondary N) is 1. The van der Waals surface area contributed by atoms with Gasteiger partial charge in [-0.05, 0) is 39.2 Å². The normalized spacial score (nSPS) is 15.3. The molecule has 7 heteroatoms. The molecule has 1 aliphatic rings. The molecule has 24 heavy (non-hydrogen) atoms. The lowest BCUT2D eigenvalue weighted by Crippen LogP contribution is -2.34. The number of carbonyl (C=O) groups excluding carboxylic acids is 2. The maximum atomic E-state index is 12.6. The standard InChI is InChI=1S/C17H21N3O3S/c1-8(7-12(21)23-4)18-16(22)14-9(2)13-10(3)19-15(11-5-6-11)20-17(13)24-14/h8,11H,5-7H2,1-4H3,(H,18,22). The van der Waals surface area contributed by atoms with Crippen LogP contribution in [-0.2, 0) is 9.53 Å². The van der Waals surface area contributed by atoms with Gasteiger partial charge in [0.15, 0.2) is 0 Å². The monoisotopic (exact) mass is 347 g/mol. The second-order valence-electron chi connectivity index (χ2n) is 6.33. The van der Waals surface area contributed by atoms with Crippen LogP contribution in [0.3, 0.4) is 0 Å². The number of fused-ring (bicyclic) bond motifs is 1. The molecule has 1 fully saturated rings. The number of hydrogen-bond donors (Lipinski definition) is 1. The van der Waals surface area contributed by atoms with Crippen molar-refractivity contribution in [2.24, 2.45) is 0 Å². The number of methoxy groups -OCH3 is 1. The smallest absolute Gasteiger partial charge is 0.307 e. The zero-order valence-electron chi connectivity index (χ0n) is 14.3. The van der Waals surface area contributed by atoms with Gasteiger partial charge in [-0.15, -0.1) is 11.3 Å². The molecule has 1 saturated carbocycles. The van der Waals surface area contributed by atoms with Gasteiger partial charge in [-0.2, -0.15) is 0 Å². The van der Waals surface area contributed by atoms with E-state index in [-0.39, 0.29) is 24.3 Å². The van der Waals surface area contributed by atoms with E-state index in [2.05, 4.69) is 20.0 Å². The number of amides is 1. The Hall–Kier alpha value is -2.02. The largest absolute Gasteiger partial charge is 0.469 e. The van der Waals surface area contributed by atoms with Gasteiger partial charge >= 0.3 is 5.97 Å². The minimum absolute atomic E-state index is 0.150. The van der Waals surface area contributed by atoms with Crippen LogP contribution in [0.1, 0.15) is 58.9 Å². The summed E-state index contributed by atoms with van der Waals surface area (Å²) in [5.41, 5.74) is 1.83. The van der Waals surface area contributed by atoms with Crippen LogP contribution in [0.5, 0.6) is 0 Å². The van der Waals surface area contributed by atoms with Crippen molar-refractivity contribution in [1.82, 2.24) is 15.3 Å². The van der Waals surface area contributed by atoms with Crippen molar-refractivity contribution in [3.63, 3.8) is 0 Å². The van der Waals surface area contributed by atoms with Gasteiger partial charge in [0.2, 0.25) is 0 Å². The molecule has 128 valence electrons. The van der Waals surface area contributed by atoms with E-state index in [1.807, 2.05) is 13.8 Å². The van der Waals surface area contributed by atoms with Crippen molar-refractivity contribution in [2.45, 2.75) is 52.0 Å². The topological polar surface area (TPSA) is 81.2 Å². The van der Waals surface area contributed by atoms with E-state index >= 15 is 0 Å². The van der Waals surface area contributed by atoms with Crippen molar-refractivity contribution in [3.05, 3.63) is 22.0 Å². The van der Waals surface area contributed by atoms with Crippen molar-refractivity contribution < 1.29 is 14.3 Å². The molecule has 1 atom stereocenters. The molecule has 1 aliphatic carbocycles. The summed E-state index contributed by atoms with van der Waals surface area (Å²) in [5.74, 6) is 0.853. The van der Waals surface area contributed by atoms with Crippen LogP contribution in [0, 0.1) is 13.8 Å². The van der Waals surface area contributed by atoms with Crippen molar-refractivity contribution in [2.75, 3.05) is 7.11 Å². The van der Waals surface area contributed by atoms with Crippen LogP contribution in [-0.4, -0.2) is 35.0 Å². The molecule has 2 heterocycles. The molecule has 0 aliphatic heterocycles. The summed E-state index contributed by atoms with van der Waals surface area (Å²) in [7, 11) is 1.34. The summed E-state index contributed by atoms with van der Waals surface area (Å²) in [5, 5.41) is 3.82. The lowest BCUT2D eigenvalue weighted by atomic mass is 10.1. The highest BCUT2D eigenvalue weighted by molar-refractivity contribution is 7.20. The van der Waals surface area contributed by atoms with Gasteiger partial charge < -0.3 is 10.1 Å². The number of aromatic nitrogens is 2. The molecule has 0 bridgehead atoms. The average Bonchev–Trinajstić information content (AvgIpc) is 3.31. The lowest BCUT2D eigenvalue weighted by molar-refractivity contribution is -0.141. The third-order valence-corrected chi connectivity index (χ3v) is 5.40. The summed E-state index contributed by atoms with van der Waals surface area (Å²) in [6.45, 7) is 5.68. The van der Waals surface area contributed by atoms with Gasteiger partial charge in [0.25, 0.3) is 5.91 Å². The number of nitrogens with zero attached hydrogens (tertiary/aromatic N) is 2. The quantitative estimate of drug-likeness (QED) is 0.841. The number of esters is 1. The first-order valence-corrected chi connectivity index (χ1v) is 8.87. The Kier molecular flexibility index (Phi) is 4.54. The predicted octanol–water partition coefficient (Wildman–Crippen LogP) is 2.87. The number of aryl methyl sites for hydroxylation is 2. The number of ether oxygens (including phenoxy) is 1. The third-order valence-electron chi connectivity index (χ3n) is 4.22. The van der Waals surface area contributed by atoms with Crippen LogP contribution in [0.15, 0.2) is 0 Å². The maximum Gasteiger partial charge on any atom is 0.307 e. The van der Waals surface area contributed by atoms with Crippen molar-refractivity contribution in [1.29, 1.82) is 0 Å². The van der Waals surface area contributed by atoms with Crippen LogP contribution in [0.25, 0.3) is 10.2 Å². The molecule has 2 aromatic heterocycles. The molecular formula is C17H21N3O3S. The zero-order valence-corrected chi connectivity index (χ0v) is 15.1. The van der Waals surface area contributed by atoms with Gasteiger partial charge in [0.05, 0.1) is 24.1 Å². The lowest BCUT2D eigenvalue weighted by Gasteiger charge is -2.12. The summed E-state index contributed by atoms with van der Waals surface area (Å²) in [6.07, 6.45) is 2.44. The molecular weight excluding hydrogens is 326 g/mol. The van der Waals surface area contributed by atoms with Crippen LogP contribution in [0.4, 0.5) is 0 Å². The fraction of sp³-hybridized carbons (Fsp3) is 0.529. The summed E-state index contributed by atoms with van der Waals surface area (Å²) in [4.78, 5) is 34.6. The van der Waals surface area contributed by atoms with Gasteiger partial charge in [0, 0.05) is 17.3 Å². The van der Waals surface area contributed by atoms with Gasteiger partial charge in [-0.25, -0.2) is 9.97 Å². The zero-order chi connectivity index (χ0) is 17.4.